The molecule has 7 nitrogen and oxygen atoms in total. The lowest BCUT2D eigenvalue weighted by Crippen LogP contribution is -2.38. The highest BCUT2D eigenvalue weighted by atomic mass is 32.1. The van der Waals surface area contributed by atoms with Crippen LogP contribution in [0.3, 0.4) is 0 Å². The molecular weight excluding hydrogens is 396 g/mol. The van der Waals surface area contributed by atoms with Gasteiger partial charge in [-0.05, 0) is 35.7 Å². The topological polar surface area (TPSA) is 83.6 Å². The molecule has 28 heavy (non-hydrogen) atoms. The Kier molecular flexibility index (Phi) is 5.27. The van der Waals surface area contributed by atoms with Gasteiger partial charge in [-0.3, -0.25) is 10.1 Å². The lowest BCUT2D eigenvalue weighted by atomic mass is 10.2. The number of thiophene rings is 1. The van der Waals surface area contributed by atoms with Gasteiger partial charge >= 0.3 is 6.03 Å². The monoisotopic (exact) mass is 414 g/mol. The molecule has 9 heteroatoms. The number of urea groups is 1. The van der Waals surface area contributed by atoms with Crippen LogP contribution < -0.4 is 15.4 Å². The van der Waals surface area contributed by atoms with Crippen LogP contribution in [-0.4, -0.2) is 35.5 Å². The second-order valence-electron chi connectivity index (χ2n) is 6.19. The number of hydrogen-bond acceptors (Lipinski definition) is 6. The van der Waals surface area contributed by atoms with Gasteiger partial charge in [0.15, 0.2) is 5.13 Å². The molecule has 144 valence electrons. The molecular formula is C19H18N4O3S2. The quantitative estimate of drug-likeness (QED) is 0.674. The molecule has 0 radical (unpaired) electrons. The Morgan fingerprint density at radius 3 is 2.71 bits per heavy atom. The van der Waals surface area contributed by atoms with E-state index in [1.165, 1.54) is 22.7 Å². The summed E-state index contributed by atoms with van der Waals surface area (Å²) >= 11 is 2.89. The number of rotatable bonds is 4. The molecule has 2 aromatic heterocycles. The number of nitrogens with zero attached hydrogens (tertiary/aromatic N) is 2. The third kappa shape index (κ3) is 4.00. The van der Waals surface area contributed by atoms with Crippen molar-refractivity contribution < 1.29 is 14.3 Å². The lowest BCUT2D eigenvalue weighted by Gasteiger charge is -2.26. The summed E-state index contributed by atoms with van der Waals surface area (Å²) in [5, 5.41) is 9.97. The first kappa shape index (κ1) is 18.5. The van der Waals surface area contributed by atoms with Crippen molar-refractivity contribution in [3.63, 3.8) is 0 Å². The molecule has 0 spiro atoms. The SMILES string of the molecule is COc1ccc(NC(=O)N2CCc3nc(NC(=O)c4ccsc4)sc3C2)cc1. The van der Waals surface area contributed by atoms with E-state index in [-0.39, 0.29) is 11.9 Å². The molecule has 0 saturated carbocycles. The number of amides is 3. The third-order valence-electron chi connectivity index (χ3n) is 4.36. The van der Waals surface area contributed by atoms with Crippen LogP contribution in [0, 0.1) is 0 Å². The summed E-state index contributed by atoms with van der Waals surface area (Å²) in [6, 6.07) is 8.82. The van der Waals surface area contributed by atoms with Crippen LogP contribution in [0.4, 0.5) is 15.6 Å². The minimum absolute atomic E-state index is 0.159. The fourth-order valence-corrected chi connectivity index (χ4v) is 4.52. The zero-order chi connectivity index (χ0) is 19.5. The number of ether oxygens (including phenoxy) is 1. The number of nitrogens with one attached hydrogen (secondary N) is 2. The summed E-state index contributed by atoms with van der Waals surface area (Å²) in [5.41, 5.74) is 2.28. The fourth-order valence-electron chi connectivity index (χ4n) is 2.86. The number of fused-ring (bicyclic) bond motifs is 1. The van der Waals surface area contributed by atoms with Crippen LogP contribution in [0.25, 0.3) is 0 Å². The number of methoxy groups -OCH3 is 1. The largest absolute Gasteiger partial charge is 0.497 e. The first-order valence-electron chi connectivity index (χ1n) is 8.64. The summed E-state index contributed by atoms with van der Waals surface area (Å²) in [4.78, 5) is 32.0. The molecule has 0 bridgehead atoms. The van der Waals surface area contributed by atoms with Gasteiger partial charge in [-0.1, -0.05) is 11.3 Å². The molecule has 1 aliphatic heterocycles. The van der Waals surface area contributed by atoms with E-state index in [1.807, 2.05) is 5.38 Å². The van der Waals surface area contributed by atoms with E-state index in [9.17, 15) is 9.59 Å². The van der Waals surface area contributed by atoms with Crippen molar-refractivity contribution in [2.75, 3.05) is 24.3 Å². The summed E-state index contributed by atoms with van der Waals surface area (Å²) in [5.74, 6) is 0.573. The van der Waals surface area contributed by atoms with E-state index in [1.54, 1.807) is 47.7 Å². The van der Waals surface area contributed by atoms with Crippen molar-refractivity contribution >= 4 is 45.4 Å². The molecule has 3 amide bonds. The van der Waals surface area contributed by atoms with E-state index in [2.05, 4.69) is 15.6 Å². The third-order valence-corrected chi connectivity index (χ3v) is 6.04. The van der Waals surface area contributed by atoms with Crippen LogP contribution in [0.5, 0.6) is 5.75 Å². The number of carbonyl (C=O) groups excluding carboxylic acids is 2. The summed E-state index contributed by atoms with van der Waals surface area (Å²) in [6.45, 7) is 1.06. The van der Waals surface area contributed by atoms with E-state index < -0.39 is 0 Å². The van der Waals surface area contributed by atoms with Crippen LogP contribution >= 0.6 is 22.7 Å². The molecule has 1 aromatic carbocycles. The summed E-state index contributed by atoms with van der Waals surface area (Å²) in [6.07, 6.45) is 0.663. The van der Waals surface area contributed by atoms with Crippen LogP contribution in [0.2, 0.25) is 0 Å². The van der Waals surface area contributed by atoms with Gasteiger partial charge in [0.2, 0.25) is 0 Å². The molecule has 3 aromatic rings. The van der Waals surface area contributed by atoms with Gasteiger partial charge in [0.05, 0.1) is 24.9 Å². The molecule has 3 heterocycles. The highest BCUT2D eigenvalue weighted by molar-refractivity contribution is 7.16. The van der Waals surface area contributed by atoms with Crippen molar-refractivity contribution in [1.29, 1.82) is 0 Å². The van der Waals surface area contributed by atoms with Crippen molar-refractivity contribution in [1.82, 2.24) is 9.88 Å². The van der Waals surface area contributed by atoms with Crippen LogP contribution in [0.15, 0.2) is 41.1 Å². The molecule has 0 saturated heterocycles. The van der Waals surface area contributed by atoms with Gasteiger partial charge in [-0.2, -0.15) is 11.3 Å². The zero-order valence-electron chi connectivity index (χ0n) is 15.1. The summed E-state index contributed by atoms with van der Waals surface area (Å²) < 4.78 is 5.12. The maximum Gasteiger partial charge on any atom is 0.322 e. The van der Waals surface area contributed by atoms with Gasteiger partial charge in [-0.25, -0.2) is 9.78 Å². The summed E-state index contributed by atoms with van der Waals surface area (Å²) in [7, 11) is 1.60. The smallest absolute Gasteiger partial charge is 0.322 e. The fraction of sp³-hybridized carbons (Fsp3) is 0.211. The molecule has 0 atom stereocenters. The highest BCUT2D eigenvalue weighted by Gasteiger charge is 2.25. The average Bonchev–Trinajstić information content (AvgIpc) is 3.37. The number of aromatic nitrogens is 1. The van der Waals surface area contributed by atoms with Gasteiger partial charge in [0.1, 0.15) is 5.75 Å². The number of benzene rings is 1. The first-order chi connectivity index (χ1) is 13.6. The Balaban J connectivity index is 1.39. The van der Waals surface area contributed by atoms with Gasteiger partial charge in [0.25, 0.3) is 5.91 Å². The average molecular weight is 415 g/mol. The predicted molar refractivity (Wildman–Crippen MR) is 111 cm³/mol. The van der Waals surface area contributed by atoms with E-state index in [0.717, 1.165) is 16.3 Å². The minimum Gasteiger partial charge on any atom is -0.497 e. The minimum atomic E-state index is -0.165. The van der Waals surface area contributed by atoms with E-state index >= 15 is 0 Å². The zero-order valence-corrected chi connectivity index (χ0v) is 16.7. The van der Waals surface area contributed by atoms with E-state index in [4.69, 9.17) is 4.74 Å². The molecule has 2 N–H and O–H groups in total. The maximum atomic E-state index is 12.6. The van der Waals surface area contributed by atoms with Crippen LogP contribution in [-0.2, 0) is 13.0 Å². The van der Waals surface area contributed by atoms with Gasteiger partial charge in [0, 0.05) is 28.9 Å². The molecule has 4 rings (SSSR count). The normalized spacial score (nSPS) is 13.0. The Labute approximate surface area is 170 Å². The highest BCUT2D eigenvalue weighted by Crippen LogP contribution is 2.29. The molecule has 0 aliphatic carbocycles. The second kappa shape index (κ2) is 7.99. The predicted octanol–water partition coefficient (Wildman–Crippen LogP) is 4.06. The Bertz CT molecular complexity index is 983. The first-order valence-corrected chi connectivity index (χ1v) is 10.4. The number of hydrogen-bond donors (Lipinski definition) is 2. The van der Waals surface area contributed by atoms with E-state index in [0.29, 0.717) is 35.9 Å². The second-order valence-corrected chi connectivity index (χ2v) is 8.05. The standard InChI is InChI=1S/C19H18N4O3S2/c1-26-14-4-2-13(3-5-14)20-19(25)23-8-6-15-16(10-23)28-18(21-15)22-17(24)12-7-9-27-11-12/h2-5,7,9,11H,6,8,10H2,1H3,(H,20,25)(H,21,22,24). The van der Waals surface area contributed by atoms with Gasteiger partial charge < -0.3 is 15.0 Å². The van der Waals surface area contributed by atoms with Crippen molar-refractivity contribution in [3.8, 4) is 5.75 Å². The Hall–Kier alpha value is -2.91. The number of thiazole rings is 1. The maximum absolute atomic E-state index is 12.6. The van der Waals surface area contributed by atoms with Crippen molar-refractivity contribution in [3.05, 3.63) is 57.2 Å². The van der Waals surface area contributed by atoms with Crippen LogP contribution in [0.1, 0.15) is 20.9 Å². The number of carbonyl (C=O) groups is 2. The van der Waals surface area contributed by atoms with Crippen molar-refractivity contribution in [2.24, 2.45) is 0 Å². The van der Waals surface area contributed by atoms with Gasteiger partial charge in [-0.15, -0.1) is 0 Å². The Morgan fingerprint density at radius 2 is 2.00 bits per heavy atom. The number of anilines is 2. The Morgan fingerprint density at radius 1 is 1.18 bits per heavy atom. The molecule has 0 fully saturated rings. The van der Waals surface area contributed by atoms with Crippen molar-refractivity contribution in [2.45, 2.75) is 13.0 Å². The lowest BCUT2D eigenvalue weighted by molar-refractivity contribution is 0.102. The molecule has 1 aliphatic rings. The molecule has 0 unspecified atom stereocenters.